The highest BCUT2D eigenvalue weighted by Gasteiger charge is 2.38. The molecule has 7 nitrogen and oxygen atoms in total. The number of piperidine rings is 2. The van der Waals surface area contributed by atoms with Crippen molar-refractivity contribution in [3.63, 3.8) is 0 Å². The molecule has 0 N–H and O–H groups in total. The summed E-state index contributed by atoms with van der Waals surface area (Å²) in [4.78, 5) is 29.6. The molecule has 0 saturated carbocycles. The SMILES string of the molecule is Cn1ccnc1CN1CCC2(CC1)CCN(C(=O)c1cnccn1)CC2. The van der Waals surface area contributed by atoms with E-state index in [1.165, 1.54) is 12.8 Å². The summed E-state index contributed by atoms with van der Waals surface area (Å²) >= 11 is 0. The standard InChI is InChI=1S/C19H26N6O/c1-23-13-8-22-17(23)15-24-9-2-19(3-10-24)4-11-25(12-5-19)18(26)16-14-20-6-7-21-16/h6-8,13-14H,2-5,9-12,15H2,1H3. The Morgan fingerprint density at radius 1 is 1.04 bits per heavy atom. The number of aromatic nitrogens is 4. The van der Waals surface area contributed by atoms with Gasteiger partial charge in [0.2, 0.25) is 0 Å². The molecule has 1 spiro atoms. The summed E-state index contributed by atoms with van der Waals surface area (Å²) in [5.74, 6) is 1.14. The van der Waals surface area contributed by atoms with Gasteiger partial charge in [-0.1, -0.05) is 0 Å². The van der Waals surface area contributed by atoms with Crippen LogP contribution in [0.15, 0.2) is 31.0 Å². The Morgan fingerprint density at radius 3 is 2.38 bits per heavy atom. The van der Waals surface area contributed by atoms with Crippen molar-refractivity contribution >= 4 is 5.91 Å². The van der Waals surface area contributed by atoms with Crippen molar-refractivity contribution in [2.45, 2.75) is 32.2 Å². The van der Waals surface area contributed by atoms with Crippen LogP contribution in [-0.4, -0.2) is 61.4 Å². The third kappa shape index (κ3) is 3.49. The number of carbonyl (C=O) groups is 1. The van der Waals surface area contributed by atoms with Crippen LogP contribution in [-0.2, 0) is 13.6 Å². The third-order valence-corrected chi connectivity index (χ3v) is 6.10. The van der Waals surface area contributed by atoms with Gasteiger partial charge in [0.1, 0.15) is 11.5 Å². The van der Waals surface area contributed by atoms with E-state index in [4.69, 9.17) is 0 Å². The van der Waals surface area contributed by atoms with Gasteiger partial charge in [-0.15, -0.1) is 0 Å². The van der Waals surface area contributed by atoms with Gasteiger partial charge in [0.15, 0.2) is 0 Å². The minimum Gasteiger partial charge on any atom is -0.337 e. The summed E-state index contributed by atoms with van der Waals surface area (Å²) in [5, 5.41) is 0. The molecule has 2 fully saturated rings. The molecule has 1 amide bonds. The lowest BCUT2D eigenvalue weighted by Crippen LogP contribution is -2.48. The summed E-state index contributed by atoms with van der Waals surface area (Å²) in [7, 11) is 2.05. The van der Waals surface area contributed by atoms with Crippen LogP contribution < -0.4 is 0 Å². The maximum atomic E-state index is 12.5. The summed E-state index contributed by atoms with van der Waals surface area (Å²) < 4.78 is 2.10. The summed E-state index contributed by atoms with van der Waals surface area (Å²) in [6, 6.07) is 0. The van der Waals surface area contributed by atoms with E-state index in [9.17, 15) is 4.79 Å². The van der Waals surface area contributed by atoms with Gasteiger partial charge >= 0.3 is 0 Å². The summed E-state index contributed by atoms with van der Waals surface area (Å²) in [6.45, 7) is 4.82. The normalized spacial score (nSPS) is 20.4. The molecule has 2 aromatic rings. The molecule has 138 valence electrons. The van der Waals surface area contributed by atoms with E-state index in [0.717, 1.165) is 51.4 Å². The van der Waals surface area contributed by atoms with Gasteiger partial charge in [-0.2, -0.15) is 0 Å². The number of hydrogen-bond donors (Lipinski definition) is 0. The molecule has 0 aromatic carbocycles. The predicted octanol–water partition coefficient (Wildman–Crippen LogP) is 1.73. The van der Waals surface area contributed by atoms with Crippen LogP contribution in [0.4, 0.5) is 0 Å². The highest BCUT2D eigenvalue weighted by molar-refractivity contribution is 5.92. The number of amides is 1. The van der Waals surface area contributed by atoms with E-state index in [2.05, 4.69) is 31.5 Å². The van der Waals surface area contributed by atoms with Gasteiger partial charge in [0.25, 0.3) is 5.91 Å². The molecule has 0 radical (unpaired) electrons. The third-order valence-electron chi connectivity index (χ3n) is 6.10. The molecule has 2 aromatic heterocycles. The van der Waals surface area contributed by atoms with Crippen LogP contribution in [0.5, 0.6) is 0 Å². The lowest BCUT2D eigenvalue weighted by molar-refractivity contribution is 0.0275. The first kappa shape index (κ1) is 17.1. The Labute approximate surface area is 154 Å². The van der Waals surface area contributed by atoms with E-state index in [0.29, 0.717) is 11.1 Å². The molecule has 4 rings (SSSR count). The second-order valence-corrected chi connectivity index (χ2v) is 7.61. The Kier molecular flexibility index (Phi) is 4.72. The molecule has 26 heavy (non-hydrogen) atoms. The van der Waals surface area contributed by atoms with Crippen LogP contribution in [0, 0.1) is 5.41 Å². The second kappa shape index (κ2) is 7.15. The van der Waals surface area contributed by atoms with Crippen molar-refractivity contribution in [2.75, 3.05) is 26.2 Å². The van der Waals surface area contributed by atoms with E-state index in [1.54, 1.807) is 18.6 Å². The summed E-state index contributed by atoms with van der Waals surface area (Å²) in [6.07, 6.45) is 13.2. The minimum atomic E-state index is 0.0140. The van der Waals surface area contributed by atoms with Gasteiger partial charge in [-0.25, -0.2) is 9.97 Å². The number of nitrogens with zero attached hydrogens (tertiary/aromatic N) is 6. The average molecular weight is 354 g/mol. The lowest BCUT2D eigenvalue weighted by Gasteiger charge is -2.46. The fraction of sp³-hybridized carbons (Fsp3) is 0.579. The first-order valence-corrected chi connectivity index (χ1v) is 9.39. The molecule has 0 aliphatic carbocycles. The molecule has 4 heterocycles. The molecule has 0 bridgehead atoms. The Morgan fingerprint density at radius 2 is 1.77 bits per heavy atom. The molecular weight excluding hydrogens is 328 g/mol. The quantitative estimate of drug-likeness (QED) is 0.840. The number of hydrogen-bond acceptors (Lipinski definition) is 5. The van der Waals surface area contributed by atoms with Gasteiger partial charge in [0, 0.05) is 44.9 Å². The number of aryl methyl sites for hydroxylation is 1. The van der Waals surface area contributed by atoms with Crippen molar-refractivity contribution in [1.29, 1.82) is 0 Å². The molecular formula is C19H26N6O. The van der Waals surface area contributed by atoms with Crippen molar-refractivity contribution in [3.05, 3.63) is 42.5 Å². The number of rotatable bonds is 3. The molecule has 2 aliphatic heterocycles. The minimum absolute atomic E-state index is 0.0140. The van der Waals surface area contributed by atoms with E-state index >= 15 is 0 Å². The maximum absolute atomic E-state index is 12.5. The molecule has 7 heteroatoms. The van der Waals surface area contributed by atoms with Crippen molar-refractivity contribution in [2.24, 2.45) is 12.5 Å². The number of carbonyl (C=O) groups excluding carboxylic acids is 1. The van der Waals surface area contributed by atoms with Gasteiger partial charge in [0.05, 0.1) is 12.7 Å². The average Bonchev–Trinajstić information content (AvgIpc) is 3.09. The zero-order valence-corrected chi connectivity index (χ0v) is 15.3. The highest BCUT2D eigenvalue weighted by Crippen LogP contribution is 2.41. The Balaban J connectivity index is 1.30. The van der Waals surface area contributed by atoms with Crippen LogP contribution in [0.2, 0.25) is 0 Å². The van der Waals surface area contributed by atoms with E-state index in [1.807, 2.05) is 17.3 Å². The lowest BCUT2D eigenvalue weighted by atomic mass is 9.71. The van der Waals surface area contributed by atoms with Crippen molar-refractivity contribution in [1.82, 2.24) is 29.3 Å². The van der Waals surface area contributed by atoms with Crippen LogP contribution in [0.1, 0.15) is 42.0 Å². The van der Waals surface area contributed by atoms with Crippen molar-refractivity contribution < 1.29 is 4.79 Å². The second-order valence-electron chi connectivity index (χ2n) is 7.61. The largest absolute Gasteiger partial charge is 0.337 e. The molecule has 2 aliphatic rings. The van der Waals surface area contributed by atoms with Gasteiger partial charge < -0.3 is 9.47 Å². The first-order chi connectivity index (χ1) is 12.7. The zero-order valence-electron chi connectivity index (χ0n) is 15.3. The van der Waals surface area contributed by atoms with Crippen LogP contribution >= 0.6 is 0 Å². The molecule has 2 saturated heterocycles. The maximum Gasteiger partial charge on any atom is 0.274 e. The van der Waals surface area contributed by atoms with Crippen LogP contribution in [0.3, 0.4) is 0 Å². The fourth-order valence-corrected chi connectivity index (χ4v) is 4.19. The zero-order chi connectivity index (χ0) is 18.0. The predicted molar refractivity (Wildman–Crippen MR) is 97.3 cm³/mol. The monoisotopic (exact) mass is 354 g/mol. The van der Waals surface area contributed by atoms with Gasteiger partial charge in [-0.05, 0) is 44.2 Å². The van der Waals surface area contributed by atoms with E-state index < -0.39 is 0 Å². The summed E-state index contributed by atoms with van der Waals surface area (Å²) in [5.41, 5.74) is 0.852. The number of imidazole rings is 1. The van der Waals surface area contributed by atoms with Crippen molar-refractivity contribution in [3.8, 4) is 0 Å². The number of likely N-dealkylation sites (tertiary alicyclic amines) is 2. The topological polar surface area (TPSA) is 67.2 Å². The smallest absolute Gasteiger partial charge is 0.274 e. The Hall–Kier alpha value is -2.28. The highest BCUT2D eigenvalue weighted by atomic mass is 16.2. The van der Waals surface area contributed by atoms with E-state index in [-0.39, 0.29) is 5.91 Å². The Bertz CT molecular complexity index is 740. The first-order valence-electron chi connectivity index (χ1n) is 9.39. The van der Waals surface area contributed by atoms with Crippen LogP contribution in [0.25, 0.3) is 0 Å². The fourth-order valence-electron chi connectivity index (χ4n) is 4.19. The molecule has 0 unspecified atom stereocenters. The molecule has 0 atom stereocenters. The van der Waals surface area contributed by atoms with Gasteiger partial charge in [-0.3, -0.25) is 14.7 Å².